The van der Waals surface area contributed by atoms with Gasteiger partial charge in [-0.1, -0.05) is 43.3 Å². The van der Waals surface area contributed by atoms with Gasteiger partial charge < -0.3 is 10.6 Å². The minimum atomic E-state index is -3.28. The van der Waals surface area contributed by atoms with Gasteiger partial charge in [0.05, 0.1) is 23.1 Å². The van der Waals surface area contributed by atoms with Crippen LogP contribution in [-0.2, 0) is 25.8 Å². The number of sulfone groups is 1. The van der Waals surface area contributed by atoms with Crippen molar-refractivity contribution < 1.29 is 18.0 Å². The molecule has 184 valence electrons. The lowest BCUT2D eigenvalue weighted by atomic mass is 9.97. The van der Waals surface area contributed by atoms with Gasteiger partial charge in [0.1, 0.15) is 5.41 Å². The van der Waals surface area contributed by atoms with E-state index < -0.39 is 15.3 Å². The highest BCUT2D eigenvalue weighted by atomic mass is 32.2. The van der Waals surface area contributed by atoms with Gasteiger partial charge >= 0.3 is 0 Å². The Kier molecular flexibility index (Phi) is 6.95. The first-order valence-electron chi connectivity index (χ1n) is 11.7. The Labute approximate surface area is 211 Å². The predicted molar refractivity (Wildman–Crippen MR) is 139 cm³/mol. The van der Waals surface area contributed by atoms with Crippen molar-refractivity contribution in [1.82, 2.24) is 0 Å². The van der Waals surface area contributed by atoms with Crippen LogP contribution in [0.3, 0.4) is 0 Å². The van der Waals surface area contributed by atoms with Crippen LogP contribution < -0.4 is 10.6 Å². The van der Waals surface area contributed by atoms with Crippen LogP contribution in [0.25, 0.3) is 11.1 Å². The maximum Gasteiger partial charge on any atom is 0.244 e. The van der Waals surface area contributed by atoms with Crippen LogP contribution in [0, 0.1) is 23.7 Å². The van der Waals surface area contributed by atoms with Gasteiger partial charge in [0.15, 0.2) is 9.84 Å². The summed E-state index contributed by atoms with van der Waals surface area (Å²) in [5.74, 6) is -0.467. The smallest absolute Gasteiger partial charge is 0.244 e. The van der Waals surface area contributed by atoms with Crippen LogP contribution in [0.2, 0.25) is 0 Å². The first-order chi connectivity index (χ1) is 17.2. The number of benzene rings is 3. The van der Waals surface area contributed by atoms with Crippen LogP contribution >= 0.6 is 0 Å². The number of carbonyl (C=O) groups is 2. The van der Waals surface area contributed by atoms with Crippen molar-refractivity contribution >= 4 is 33.0 Å². The fraction of sp³-hybridized carbons (Fsp3) is 0.250. The van der Waals surface area contributed by atoms with Gasteiger partial charge in [0.2, 0.25) is 11.8 Å². The molecule has 4 rings (SSSR count). The summed E-state index contributed by atoms with van der Waals surface area (Å²) in [5, 5.41) is 15.1. The number of hydrogen-bond donors (Lipinski definition) is 2. The molecule has 3 aromatic rings. The minimum absolute atomic E-state index is 0.0274. The molecule has 8 heteroatoms. The molecular weight excluding hydrogens is 474 g/mol. The number of carbonyl (C=O) groups excluding carboxylic acids is 2. The Morgan fingerprint density at radius 1 is 0.972 bits per heavy atom. The molecule has 0 atom stereocenters. The van der Waals surface area contributed by atoms with Gasteiger partial charge in [0, 0.05) is 16.9 Å². The second-order valence-electron chi connectivity index (χ2n) is 9.00. The van der Waals surface area contributed by atoms with Gasteiger partial charge in [-0.2, -0.15) is 5.26 Å². The molecule has 1 fully saturated rings. The average molecular weight is 502 g/mol. The van der Waals surface area contributed by atoms with Crippen LogP contribution in [-0.4, -0.2) is 26.0 Å². The lowest BCUT2D eigenvalue weighted by molar-refractivity contribution is -0.119. The molecule has 0 bridgehead atoms. The molecule has 0 radical (unpaired) electrons. The lowest BCUT2D eigenvalue weighted by Crippen LogP contribution is -2.23. The van der Waals surface area contributed by atoms with E-state index in [1.54, 1.807) is 25.1 Å². The monoisotopic (exact) mass is 501 g/mol. The Morgan fingerprint density at radius 2 is 1.67 bits per heavy atom. The molecule has 36 heavy (non-hydrogen) atoms. The summed E-state index contributed by atoms with van der Waals surface area (Å²) >= 11 is 0. The van der Waals surface area contributed by atoms with Gasteiger partial charge in [0.25, 0.3) is 0 Å². The highest BCUT2D eigenvalue weighted by molar-refractivity contribution is 7.91. The van der Waals surface area contributed by atoms with E-state index in [-0.39, 0.29) is 28.9 Å². The summed E-state index contributed by atoms with van der Waals surface area (Å²) < 4.78 is 23.9. The Morgan fingerprint density at radius 3 is 2.28 bits per heavy atom. The van der Waals surface area contributed by atoms with Crippen molar-refractivity contribution in [1.29, 1.82) is 5.26 Å². The van der Waals surface area contributed by atoms with Crippen molar-refractivity contribution in [2.75, 3.05) is 16.4 Å². The third-order valence-electron chi connectivity index (χ3n) is 6.40. The first kappa shape index (κ1) is 25.1. The normalized spacial score (nSPS) is 13.9. The molecule has 3 aromatic carbocycles. The fourth-order valence-electron chi connectivity index (χ4n) is 4.00. The Hall–Kier alpha value is -3.96. The maximum absolute atomic E-state index is 12.6. The van der Waals surface area contributed by atoms with E-state index in [1.165, 1.54) is 12.1 Å². The second kappa shape index (κ2) is 9.96. The van der Waals surface area contributed by atoms with Gasteiger partial charge in [-0.05, 0) is 66.8 Å². The molecule has 0 aromatic heterocycles. The van der Waals surface area contributed by atoms with Crippen molar-refractivity contribution in [3.8, 4) is 17.2 Å². The van der Waals surface area contributed by atoms with Gasteiger partial charge in [-0.15, -0.1) is 0 Å². The molecule has 7 nitrogen and oxygen atoms in total. The zero-order valence-electron chi connectivity index (χ0n) is 20.2. The summed E-state index contributed by atoms with van der Waals surface area (Å²) in [5.41, 5.74) is 3.71. The summed E-state index contributed by atoms with van der Waals surface area (Å²) in [6, 6.07) is 21.5. The van der Waals surface area contributed by atoms with Crippen molar-refractivity contribution in [2.45, 2.75) is 38.0 Å². The molecule has 0 saturated heterocycles. The highest BCUT2D eigenvalue weighted by Gasteiger charge is 2.50. The lowest BCUT2D eigenvalue weighted by Gasteiger charge is -2.15. The number of amides is 2. The molecular formula is C28H27N3O4S. The fourth-order valence-corrected chi connectivity index (χ4v) is 4.88. The van der Waals surface area contributed by atoms with Crippen LogP contribution in [0.4, 0.5) is 11.4 Å². The summed E-state index contributed by atoms with van der Waals surface area (Å²) in [6.07, 6.45) is 1.27. The Balaban J connectivity index is 1.46. The van der Waals surface area contributed by atoms with E-state index in [1.807, 2.05) is 43.3 Å². The summed E-state index contributed by atoms with van der Waals surface area (Å²) in [6.45, 7) is 3.52. The molecule has 1 saturated carbocycles. The third kappa shape index (κ3) is 5.31. The number of para-hydroxylation sites is 1. The van der Waals surface area contributed by atoms with Gasteiger partial charge in [-0.25, -0.2) is 8.42 Å². The SMILES string of the molecule is CCS(=O)(=O)c1ccc(CC(=O)Nc2ccc(-c3ccccc3NC(=O)C3(C#N)CC3)c(C)c2)cc1. The molecule has 0 unspecified atom stereocenters. The molecule has 0 heterocycles. The number of hydrogen-bond acceptors (Lipinski definition) is 5. The van der Waals surface area contributed by atoms with E-state index in [9.17, 15) is 23.3 Å². The highest BCUT2D eigenvalue weighted by Crippen LogP contribution is 2.46. The number of rotatable bonds is 8. The largest absolute Gasteiger partial charge is 0.326 e. The van der Waals surface area contributed by atoms with Crippen LogP contribution in [0.1, 0.15) is 30.9 Å². The molecule has 2 N–H and O–H groups in total. The molecule has 0 aliphatic heterocycles. The standard InChI is InChI=1S/C28H27N3O4S/c1-3-36(34,35)22-11-8-20(9-12-22)17-26(32)30-21-10-13-23(19(2)16-21)24-6-4-5-7-25(24)31-27(33)28(18-29)14-15-28/h4-13,16H,3,14-15,17H2,1-2H3,(H,30,32)(H,31,33). The first-order valence-corrected chi connectivity index (χ1v) is 13.4. The molecule has 0 spiro atoms. The van der Waals surface area contributed by atoms with E-state index in [4.69, 9.17) is 0 Å². The number of nitrogens with one attached hydrogen (secondary N) is 2. The Bertz CT molecular complexity index is 1470. The molecule has 1 aliphatic rings. The molecule has 1 aliphatic carbocycles. The predicted octanol–water partition coefficient (Wildman–Crippen LogP) is 4.88. The van der Waals surface area contributed by atoms with Crippen LogP contribution in [0.15, 0.2) is 71.6 Å². The van der Waals surface area contributed by atoms with Crippen molar-refractivity contribution in [2.24, 2.45) is 5.41 Å². The number of nitrogens with zero attached hydrogens (tertiary/aromatic N) is 1. The van der Waals surface area contributed by atoms with Gasteiger partial charge in [-0.3, -0.25) is 9.59 Å². The minimum Gasteiger partial charge on any atom is -0.326 e. The number of anilines is 2. The van der Waals surface area contributed by atoms with E-state index in [0.717, 1.165) is 16.7 Å². The molecule has 2 amide bonds. The van der Waals surface area contributed by atoms with E-state index in [0.29, 0.717) is 29.8 Å². The van der Waals surface area contributed by atoms with E-state index in [2.05, 4.69) is 16.7 Å². The number of aryl methyl sites for hydroxylation is 1. The topological polar surface area (TPSA) is 116 Å². The second-order valence-corrected chi connectivity index (χ2v) is 11.3. The zero-order chi connectivity index (χ0) is 25.9. The van der Waals surface area contributed by atoms with Crippen LogP contribution in [0.5, 0.6) is 0 Å². The summed E-state index contributed by atoms with van der Waals surface area (Å²) in [7, 11) is -3.28. The van der Waals surface area contributed by atoms with Crippen molar-refractivity contribution in [3.63, 3.8) is 0 Å². The summed E-state index contributed by atoms with van der Waals surface area (Å²) in [4.78, 5) is 25.4. The van der Waals surface area contributed by atoms with E-state index >= 15 is 0 Å². The zero-order valence-corrected chi connectivity index (χ0v) is 21.0. The maximum atomic E-state index is 12.6. The average Bonchev–Trinajstić information content (AvgIpc) is 3.67. The number of nitriles is 1. The third-order valence-corrected chi connectivity index (χ3v) is 8.15. The van der Waals surface area contributed by atoms with Crippen molar-refractivity contribution in [3.05, 3.63) is 77.9 Å². The quantitative estimate of drug-likeness (QED) is 0.456.